The molecule has 0 saturated heterocycles. The summed E-state index contributed by atoms with van der Waals surface area (Å²) in [4.78, 5) is 14.1. The number of nitrogens with two attached hydrogens (primary N) is 1. The van der Waals surface area contributed by atoms with Gasteiger partial charge in [-0.15, -0.1) is 0 Å². The minimum atomic E-state index is 0.0396. The minimum Gasteiger partial charge on any atom is -0.399 e. The second-order valence-electron chi connectivity index (χ2n) is 5.67. The van der Waals surface area contributed by atoms with Gasteiger partial charge in [-0.05, 0) is 45.5 Å². The molecule has 0 fully saturated rings. The van der Waals surface area contributed by atoms with Crippen LogP contribution in [0.1, 0.15) is 25.3 Å². The molecule has 3 N–H and O–H groups in total. The summed E-state index contributed by atoms with van der Waals surface area (Å²) in [5.74, 6) is 0.0396. The van der Waals surface area contributed by atoms with E-state index in [-0.39, 0.29) is 12.0 Å². The van der Waals surface area contributed by atoms with Crippen LogP contribution in [-0.2, 0) is 16.0 Å². The normalized spacial score (nSPS) is 12.4. The van der Waals surface area contributed by atoms with Gasteiger partial charge in [0.25, 0.3) is 0 Å². The summed E-state index contributed by atoms with van der Waals surface area (Å²) in [7, 11) is 4.07. The maximum atomic E-state index is 12.0. The third-order valence-electron chi connectivity index (χ3n) is 3.50. The first-order valence-corrected chi connectivity index (χ1v) is 7.89. The quantitative estimate of drug-likeness (QED) is 0.645. The Hall–Kier alpha value is -1.59. The lowest BCUT2D eigenvalue weighted by molar-refractivity contribution is -0.121. The number of para-hydroxylation sites is 1. The van der Waals surface area contributed by atoms with E-state index in [0.29, 0.717) is 26.0 Å². The molecule has 0 aliphatic carbocycles. The van der Waals surface area contributed by atoms with Crippen LogP contribution in [0.3, 0.4) is 0 Å². The van der Waals surface area contributed by atoms with Crippen molar-refractivity contribution in [3.8, 4) is 0 Å². The van der Waals surface area contributed by atoms with E-state index in [4.69, 9.17) is 10.5 Å². The van der Waals surface area contributed by atoms with E-state index in [2.05, 4.69) is 10.2 Å². The number of hydrogen-bond donors (Lipinski definition) is 2. The Balaban J connectivity index is 2.32. The molecule has 1 unspecified atom stereocenters. The van der Waals surface area contributed by atoms with Crippen molar-refractivity contribution in [3.05, 3.63) is 29.8 Å². The number of nitrogen functional groups attached to an aromatic ring is 1. The lowest BCUT2D eigenvalue weighted by Crippen LogP contribution is -2.35. The molecular weight excluding hydrogens is 278 g/mol. The Morgan fingerprint density at radius 2 is 2.09 bits per heavy atom. The molecule has 1 rings (SSSR count). The highest BCUT2D eigenvalue weighted by molar-refractivity contribution is 5.76. The summed E-state index contributed by atoms with van der Waals surface area (Å²) in [6.07, 6.45) is 2.08. The zero-order valence-electron chi connectivity index (χ0n) is 14.0. The standard InChI is InChI=1S/C17H29N3O2/c1-4-22-15(11-12-20(2)3)13-19-17(21)10-9-14-7-5-6-8-16(14)18/h5-8,15H,4,9-13,18H2,1-3H3,(H,19,21). The van der Waals surface area contributed by atoms with Crippen molar-refractivity contribution in [2.24, 2.45) is 0 Å². The predicted molar refractivity (Wildman–Crippen MR) is 90.8 cm³/mol. The molecule has 0 aliphatic heterocycles. The number of carbonyl (C=O) groups excluding carboxylic acids is 1. The van der Waals surface area contributed by atoms with Gasteiger partial charge in [0.05, 0.1) is 6.10 Å². The van der Waals surface area contributed by atoms with Gasteiger partial charge in [-0.3, -0.25) is 4.79 Å². The first kappa shape index (κ1) is 18.5. The minimum absolute atomic E-state index is 0.0396. The third kappa shape index (κ3) is 7.43. The van der Waals surface area contributed by atoms with Gasteiger partial charge in [0, 0.05) is 31.8 Å². The van der Waals surface area contributed by atoms with E-state index >= 15 is 0 Å². The second kappa shape index (κ2) is 10.2. The fourth-order valence-electron chi connectivity index (χ4n) is 2.21. The fourth-order valence-corrected chi connectivity index (χ4v) is 2.21. The van der Waals surface area contributed by atoms with E-state index in [1.165, 1.54) is 0 Å². The number of ether oxygens (including phenoxy) is 1. The van der Waals surface area contributed by atoms with Gasteiger partial charge in [0.2, 0.25) is 5.91 Å². The lowest BCUT2D eigenvalue weighted by atomic mass is 10.1. The number of anilines is 1. The number of nitrogens with one attached hydrogen (secondary N) is 1. The van der Waals surface area contributed by atoms with E-state index in [9.17, 15) is 4.79 Å². The molecule has 124 valence electrons. The highest BCUT2D eigenvalue weighted by atomic mass is 16.5. The van der Waals surface area contributed by atoms with Crippen molar-refractivity contribution in [3.63, 3.8) is 0 Å². The Bertz CT molecular complexity index is 449. The molecule has 0 saturated carbocycles. The average molecular weight is 307 g/mol. The molecule has 0 spiro atoms. The predicted octanol–water partition coefficient (Wildman–Crippen LogP) is 1.67. The monoisotopic (exact) mass is 307 g/mol. The zero-order valence-corrected chi connectivity index (χ0v) is 14.0. The van der Waals surface area contributed by atoms with Crippen LogP contribution in [0.2, 0.25) is 0 Å². The largest absolute Gasteiger partial charge is 0.399 e. The van der Waals surface area contributed by atoms with E-state index in [1.807, 2.05) is 45.3 Å². The summed E-state index contributed by atoms with van der Waals surface area (Å²) >= 11 is 0. The molecule has 0 bridgehead atoms. The van der Waals surface area contributed by atoms with Crippen LogP contribution in [0.4, 0.5) is 5.69 Å². The molecule has 0 radical (unpaired) electrons. The summed E-state index contributed by atoms with van der Waals surface area (Å²) in [5.41, 5.74) is 7.64. The summed E-state index contributed by atoms with van der Waals surface area (Å²) < 4.78 is 5.66. The highest BCUT2D eigenvalue weighted by Crippen LogP contribution is 2.12. The molecule has 1 amide bonds. The molecule has 1 aromatic rings. The topological polar surface area (TPSA) is 67.6 Å². The van der Waals surface area contributed by atoms with Crippen LogP contribution < -0.4 is 11.1 Å². The van der Waals surface area contributed by atoms with Crippen molar-refractivity contribution in [2.75, 3.05) is 39.5 Å². The zero-order chi connectivity index (χ0) is 16.4. The molecule has 5 nitrogen and oxygen atoms in total. The molecule has 1 atom stereocenters. The molecule has 22 heavy (non-hydrogen) atoms. The van der Waals surface area contributed by atoms with Crippen molar-refractivity contribution in [1.82, 2.24) is 10.2 Å². The van der Waals surface area contributed by atoms with Crippen LogP contribution in [0, 0.1) is 0 Å². The van der Waals surface area contributed by atoms with Gasteiger partial charge in [0.1, 0.15) is 0 Å². The first-order chi connectivity index (χ1) is 10.5. The Kier molecular flexibility index (Phi) is 8.55. The fraction of sp³-hybridized carbons (Fsp3) is 0.588. The summed E-state index contributed by atoms with van der Waals surface area (Å²) in [5, 5.41) is 2.96. The summed E-state index contributed by atoms with van der Waals surface area (Å²) in [6.45, 7) is 4.14. The van der Waals surface area contributed by atoms with Crippen LogP contribution in [0.15, 0.2) is 24.3 Å². The van der Waals surface area contributed by atoms with Gasteiger partial charge < -0.3 is 20.7 Å². The van der Waals surface area contributed by atoms with Crippen LogP contribution in [0.5, 0.6) is 0 Å². The maximum Gasteiger partial charge on any atom is 0.220 e. The van der Waals surface area contributed by atoms with Crippen LogP contribution >= 0.6 is 0 Å². The van der Waals surface area contributed by atoms with Gasteiger partial charge in [-0.2, -0.15) is 0 Å². The number of aryl methyl sites for hydroxylation is 1. The van der Waals surface area contributed by atoms with Gasteiger partial charge in [-0.1, -0.05) is 18.2 Å². The maximum absolute atomic E-state index is 12.0. The second-order valence-corrected chi connectivity index (χ2v) is 5.67. The SMILES string of the molecule is CCOC(CCN(C)C)CNC(=O)CCc1ccccc1N. The van der Waals surface area contributed by atoms with E-state index in [0.717, 1.165) is 24.2 Å². The van der Waals surface area contributed by atoms with Crippen molar-refractivity contribution in [1.29, 1.82) is 0 Å². The summed E-state index contributed by atoms with van der Waals surface area (Å²) in [6, 6.07) is 7.66. The Morgan fingerprint density at radius 3 is 2.73 bits per heavy atom. The van der Waals surface area contributed by atoms with Gasteiger partial charge in [0.15, 0.2) is 0 Å². The third-order valence-corrected chi connectivity index (χ3v) is 3.50. The van der Waals surface area contributed by atoms with Crippen LogP contribution in [-0.4, -0.2) is 50.7 Å². The van der Waals surface area contributed by atoms with Crippen molar-refractivity contribution < 1.29 is 9.53 Å². The number of hydrogen-bond acceptors (Lipinski definition) is 4. The van der Waals surface area contributed by atoms with Gasteiger partial charge >= 0.3 is 0 Å². The number of carbonyl (C=O) groups is 1. The number of nitrogens with zero attached hydrogens (tertiary/aromatic N) is 1. The molecule has 1 aromatic carbocycles. The van der Waals surface area contributed by atoms with Crippen molar-refractivity contribution in [2.45, 2.75) is 32.3 Å². The molecular formula is C17H29N3O2. The first-order valence-electron chi connectivity index (χ1n) is 7.89. The smallest absolute Gasteiger partial charge is 0.220 e. The number of rotatable bonds is 10. The Labute approximate surface area is 133 Å². The van der Waals surface area contributed by atoms with E-state index in [1.54, 1.807) is 0 Å². The molecule has 5 heteroatoms. The number of benzene rings is 1. The van der Waals surface area contributed by atoms with Gasteiger partial charge in [-0.25, -0.2) is 0 Å². The van der Waals surface area contributed by atoms with E-state index < -0.39 is 0 Å². The average Bonchev–Trinajstić information content (AvgIpc) is 2.49. The molecule has 0 heterocycles. The molecule has 0 aliphatic rings. The van der Waals surface area contributed by atoms with Crippen molar-refractivity contribution >= 4 is 11.6 Å². The lowest BCUT2D eigenvalue weighted by Gasteiger charge is -2.19. The number of amides is 1. The van der Waals surface area contributed by atoms with Crippen LogP contribution in [0.25, 0.3) is 0 Å². The highest BCUT2D eigenvalue weighted by Gasteiger charge is 2.11. The molecule has 0 aromatic heterocycles. The Morgan fingerprint density at radius 1 is 1.36 bits per heavy atom.